The first-order chi connectivity index (χ1) is 7.05. The Labute approximate surface area is 89.2 Å². The molecule has 1 fully saturated rings. The zero-order chi connectivity index (χ0) is 11.1. The molecule has 15 heavy (non-hydrogen) atoms. The lowest BCUT2D eigenvalue weighted by Gasteiger charge is -2.24. The average Bonchev–Trinajstić information content (AvgIpc) is 3.00. The number of carboxylic acids is 1. The van der Waals surface area contributed by atoms with Crippen molar-refractivity contribution in [1.29, 1.82) is 0 Å². The highest BCUT2D eigenvalue weighted by Crippen LogP contribution is 2.47. The van der Waals surface area contributed by atoms with Crippen molar-refractivity contribution in [3.63, 3.8) is 0 Å². The Balaban J connectivity index is 2.40. The molecule has 0 saturated heterocycles. The largest absolute Gasteiger partial charge is 0.481 e. The molecule has 1 N–H and O–H groups in total. The molecule has 1 aliphatic carbocycles. The first-order valence-corrected chi connectivity index (χ1v) is 5.21. The van der Waals surface area contributed by atoms with E-state index in [0.717, 1.165) is 24.1 Å². The number of hydrogen-bond acceptors (Lipinski definition) is 2. The molecule has 1 heterocycles. The van der Waals surface area contributed by atoms with Crippen molar-refractivity contribution in [3.05, 3.63) is 29.6 Å². The molecule has 1 aromatic rings. The molecular formula is C12H15NO2. The number of pyridine rings is 1. The Morgan fingerprint density at radius 3 is 2.60 bits per heavy atom. The monoisotopic (exact) mass is 205 g/mol. The van der Waals surface area contributed by atoms with Gasteiger partial charge in [-0.15, -0.1) is 0 Å². The van der Waals surface area contributed by atoms with E-state index in [2.05, 4.69) is 4.98 Å². The second kappa shape index (κ2) is 3.33. The number of aromatic nitrogens is 1. The van der Waals surface area contributed by atoms with Crippen LogP contribution in [0.25, 0.3) is 0 Å². The Hall–Kier alpha value is -1.38. The van der Waals surface area contributed by atoms with E-state index in [4.69, 9.17) is 0 Å². The molecule has 3 nitrogen and oxygen atoms in total. The van der Waals surface area contributed by atoms with Gasteiger partial charge in [-0.05, 0) is 44.2 Å². The predicted molar refractivity (Wildman–Crippen MR) is 56.7 cm³/mol. The minimum atomic E-state index is -0.749. The fraction of sp³-hybridized carbons (Fsp3) is 0.500. The third-order valence-corrected chi connectivity index (χ3v) is 3.35. The van der Waals surface area contributed by atoms with Crippen molar-refractivity contribution < 1.29 is 9.90 Å². The molecule has 1 aromatic heterocycles. The summed E-state index contributed by atoms with van der Waals surface area (Å²) in [6.07, 6.45) is 3.72. The maximum atomic E-state index is 11.4. The lowest BCUT2D eigenvalue weighted by Crippen LogP contribution is -2.34. The zero-order valence-corrected chi connectivity index (χ0v) is 9.03. The number of aryl methyl sites for hydroxylation is 1. The fourth-order valence-corrected chi connectivity index (χ4v) is 1.97. The van der Waals surface area contributed by atoms with Gasteiger partial charge in [0, 0.05) is 11.9 Å². The topological polar surface area (TPSA) is 50.2 Å². The van der Waals surface area contributed by atoms with Gasteiger partial charge in [0.2, 0.25) is 0 Å². The van der Waals surface area contributed by atoms with Crippen LogP contribution in [-0.2, 0) is 10.2 Å². The average molecular weight is 205 g/mol. The molecule has 0 aromatic carbocycles. The van der Waals surface area contributed by atoms with Gasteiger partial charge in [-0.25, -0.2) is 0 Å². The summed E-state index contributed by atoms with van der Waals surface area (Å²) >= 11 is 0. The number of hydrogen-bond donors (Lipinski definition) is 1. The standard InChI is InChI=1S/C12H15NO2/c1-8-3-4-10(7-13-8)12(2,11(14)15)9-5-6-9/h3-4,7,9H,5-6H2,1-2H3,(H,14,15). The molecule has 0 aliphatic heterocycles. The highest BCUT2D eigenvalue weighted by Gasteiger charge is 2.48. The van der Waals surface area contributed by atoms with Crippen molar-refractivity contribution in [1.82, 2.24) is 4.98 Å². The van der Waals surface area contributed by atoms with Gasteiger partial charge >= 0.3 is 5.97 Å². The summed E-state index contributed by atoms with van der Waals surface area (Å²) in [6.45, 7) is 3.71. The van der Waals surface area contributed by atoms with E-state index in [0.29, 0.717) is 0 Å². The third-order valence-electron chi connectivity index (χ3n) is 3.35. The Bertz CT molecular complexity index is 381. The second-order valence-corrected chi connectivity index (χ2v) is 4.47. The second-order valence-electron chi connectivity index (χ2n) is 4.47. The van der Waals surface area contributed by atoms with E-state index in [1.165, 1.54) is 0 Å². The summed E-state index contributed by atoms with van der Waals surface area (Å²) in [5.74, 6) is -0.463. The maximum Gasteiger partial charge on any atom is 0.314 e. The van der Waals surface area contributed by atoms with Crippen molar-refractivity contribution in [2.75, 3.05) is 0 Å². The first-order valence-electron chi connectivity index (χ1n) is 5.21. The number of carbonyl (C=O) groups is 1. The first kappa shape index (κ1) is 10.1. The molecule has 0 radical (unpaired) electrons. The molecule has 1 unspecified atom stereocenters. The molecule has 0 spiro atoms. The molecule has 1 saturated carbocycles. The summed E-state index contributed by atoms with van der Waals surface area (Å²) in [5.41, 5.74) is 0.992. The van der Waals surface area contributed by atoms with Crippen LogP contribution in [0.2, 0.25) is 0 Å². The summed E-state index contributed by atoms with van der Waals surface area (Å²) in [5, 5.41) is 9.34. The highest BCUT2D eigenvalue weighted by atomic mass is 16.4. The van der Waals surface area contributed by atoms with Crippen LogP contribution in [0.5, 0.6) is 0 Å². The molecule has 0 amide bonds. The van der Waals surface area contributed by atoms with E-state index >= 15 is 0 Å². The van der Waals surface area contributed by atoms with Crippen LogP contribution in [0.15, 0.2) is 18.3 Å². The molecule has 1 aliphatic rings. The fourth-order valence-electron chi connectivity index (χ4n) is 1.97. The SMILES string of the molecule is Cc1ccc(C(C)(C(=O)O)C2CC2)cn1. The number of aliphatic carboxylic acids is 1. The van der Waals surface area contributed by atoms with Gasteiger partial charge in [-0.1, -0.05) is 6.07 Å². The van der Waals surface area contributed by atoms with Crippen molar-refractivity contribution in [3.8, 4) is 0 Å². The lowest BCUT2D eigenvalue weighted by molar-refractivity contribution is -0.144. The van der Waals surface area contributed by atoms with E-state index < -0.39 is 11.4 Å². The van der Waals surface area contributed by atoms with Crippen LogP contribution in [0.1, 0.15) is 31.0 Å². The number of nitrogens with zero attached hydrogens (tertiary/aromatic N) is 1. The summed E-state index contributed by atoms with van der Waals surface area (Å²) in [7, 11) is 0. The predicted octanol–water partition coefficient (Wildman–Crippen LogP) is 2.14. The van der Waals surface area contributed by atoms with E-state index in [1.807, 2.05) is 19.1 Å². The van der Waals surface area contributed by atoms with Crippen LogP contribution >= 0.6 is 0 Å². The van der Waals surface area contributed by atoms with Gasteiger partial charge in [-0.2, -0.15) is 0 Å². The van der Waals surface area contributed by atoms with Crippen molar-refractivity contribution in [2.24, 2.45) is 5.92 Å². The summed E-state index contributed by atoms with van der Waals surface area (Å²) < 4.78 is 0. The number of carboxylic acid groups (broad SMARTS) is 1. The Morgan fingerprint density at radius 2 is 2.20 bits per heavy atom. The Morgan fingerprint density at radius 1 is 1.53 bits per heavy atom. The van der Waals surface area contributed by atoms with Crippen LogP contribution in [0.3, 0.4) is 0 Å². The minimum Gasteiger partial charge on any atom is -0.481 e. The van der Waals surface area contributed by atoms with Crippen LogP contribution in [0, 0.1) is 12.8 Å². The molecule has 1 atom stereocenters. The van der Waals surface area contributed by atoms with E-state index in [1.54, 1.807) is 13.1 Å². The van der Waals surface area contributed by atoms with E-state index in [-0.39, 0.29) is 5.92 Å². The van der Waals surface area contributed by atoms with Gasteiger partial charge in [-0.3, -0.25) is 9.78 Å². The van der Waals surface area contributed by atoms with Crippen molar-refractivity contribution in [2.45, 2.75) is 32.1 Å². The highest BCUT2D eigenvalue weighted by molar-refractivity contribution is 5.81. The maximum absolute atomic E-state index is 11.4. The quantitative estimate of drug-likeness (QED) is 0.822. The lowest BCUT2D eigenvalue weighted by atomic mass is 9.78. The molecule has 0 bridgehead atoms. The van der Waals surface area contributed by atoms with Crippen LogP contribution < -0.4 is 0 Å². The zero-order valence-electron chi connectivity index (χ0n) is 9.03. The summed E-state index contributed by atoms with van der Waals surface area (Å²) in [4.78, 5) is 15.5. The molecular weight excluding hydrogens is 190 g/mol. The third kappa shape index (κ3) is 1.62. The number of rotatable bonds is 3. The minimum absolute atomic E-state index is 0.277. The van der Waals surface area contributed by atoms with Gasteiger partial charge in [0.25, 0.3) is 0 Å². The van der Waals surface area contributed by atoms with Crippen molar-refractivity contribution >= 4 is 5.97 Å². The molecule has 2 rings (SSSR count). The Kier molecular flexibility index (Phi) is 2.25. The van der Waals surface area contributed by atoms with E-state index in [9.17, 15) is 9.90 Å². The summed E-state index contributed by atoms with van der Waals surface area (Å²) in [6, 6.07) is 3.76. The van der Waals surface area contributed by atoms with Crippen LogP contribution in [-0.4, -0.2) is 16.1 Å². The van der Waals surface area contributed by atoms with Crippen LogP contribution in [0.4, 0.5) is 0 Å². The van der Waals surface area contributed by atoms with Gasteiger partial charge in [0.15, 0.2) is 0 Å². The van der Waals surface area contributed by atoms with Gasteiger partial charge in [0.1, 0.15) is 0 Å². The smallest absolute Gasteiger partial charge is 0.314 e. The molecule has 3 heteroatoms. The van der Waals surface area contributed by atoms with Gasteiger partial charge in [0.05, 0.1) is 5.41 Å². The normalized spacial score (nSPS) is 19.6. The molecule has 80 valence electrons. The van der Waals surface area contributed by atoms with Gasteiger partial charge < -0.3 is 5.11 Å².